The van der Waals surface area contributed by atoms with Crippen molar-refractivity contribution in [2.24, 2.45) is 0 Å². The van der Waals surface area contributed by atoms with Crippen LogP contribution in [0.25, 0.3) is 191 Å². The molecule has 0 bridgehead atoms. The Labute approximate surface area is 698 Å². The molecule has 120 heavy (non-hydrogen) atoms. The first kappa shape index (κ1) is 75.2. The van der Waals surface area contributed by atoms with Gasteiger partial charge in [-0.1, -0.05) is 321 Å². The second-order valence-electron chi connectivity index (χ2n) is 30.2. The molecule has 0 saturated carbocycles. The van der Waals surface area contributed by atoms with Crippen molar-refractivity contribution < 1.29 is 18.1 Å². The van der Waals surface area contributed by atoms with Gasteiger partial charge in [0.2, 0.25) is 0 Å². The van der Waals surface area contributed by atoms with Crippen molar-refractivity contribution in [1.29, 1.82) is 0 Å². The summed E-state index contributed by atoms with van der Waals surface area (Å²) in [6.07, 6.45) is 0. The first-order chi connectivity index (χ1) is 58.8. The number of nitrogens with zero attached hydrogens (tertiary/aromatic N) is 10. The van der Waals surface area contributed by atoms with E-state index in [1.807, 2.05) is 255 Å². The van der Waals surface area contributed by atoms with Crippen LogP contribution in [-0.2, 0) is 9.31 Å². The third-order valence-corrected chi connectivity index (χ3v) is 21.9. The highest BCUT2D eigenvalue weighted by atomic mass is 35.5. The highest BCUT2D eigenvalue weighted by Crippen LogP contribution is 2.40. The molecule has 20 aromatic rings. The summed E-state index contributed by atoms with van der Waals surface area (Å²) in [6.45, 7) is 8.27. The molecular weight excluding hydrogens is 1500 g/mol. The van der Waals surface area contributed by atoms with Gasteiger partial charge in [-0.05, 0) is 111 Å². The van der Waals surface area contributed by atoms with Gasteiger partial charge in [-0.3, -0.25) is 0 Å². The molecule has 1 aliphatic heterocycles. The molecule has 0 unspecified atom stereocenters. The Morgan fingerprint density at radius 3 is 0.858 bits per heavy atom. The largest absolute Gasteiger partial charge is 0.494 e. The summed E-state index contributed by atoms with van der Waals surface area (Å²) in [5, 5.41) is 4.94. The van der Waals surface area contributed by atoms with Crippen LogP contribution in [0.2, 0.25) is 5.02 Å². The van der Waals surface area contributed by atoms with Gasteiger partial charge in [-0.15, -0.1) is 0 Å². The van der Waals surface area contributed by atoms with E-state index in [0.29, 0.717) is 51.6 Å². The quantitative estimate of drug-likeness (QED) is 0.0941. The van der Waals surface area contributed by atoms with E-state index in [4.69, 9.17) is 79.6 Å². The van der Waals surface area contributed by atoms with Gasteiger partial charge in [0.25, 0.3) is 0 Å². The Balaban J connectivity index is 0.000000126. The van der Waals surface area contributed by atoms with Gasteiger partial charge in [-0.25, -0.2) is 49.8 Å². The third-order valence-electron chi connectivity index (χ3n) is 21.7. The zero-order valence-electron chi connectivity index (χ0n) is 65.9. The van der Waals surface area contributed by atoms with E-state index in [9.17, 15) is 0 Å². The lowest BCUT2D eigenvalue weighted by Gasteiger charge is -2.32. The molecule has 1 saturated heterocycles. The van der Waals surface area contributed by atoms with Crippen LogP contribution in [0.4, 0.5) is 0 Å². The van der Waals surface area contributed by atoms with Crippen LogP contribution in [-0.4, -0.2) is 68.2 Å². The van der Waals surface area contributed by atoms with E-state index in [2.05, 4.69) is 149 Å². The lowest BCUT2D eigenvalue weighted by atomic mass is 9.79. The lowest BCUT2D eigenvalue weighted by Crippen LogP contribution is -2.41. The van der Waals surface area contributed by atoms with Crippen molar-refractivity contribution in [3.05, 3.63) is 381 Å². The van der Waals surface area contributed by atoms with Crippen LogP contribution in [0.5, 0.6) is 0 Å². The molecule has 1 fully saturated rings. The van der Waals surface area contributed by atoms with Crippen LogP contribution >= 0.6 is 11.6 Å². The second-order valence-corrected chi connectivity index (χ2v) is 30.7. The van der Waals surface area contributed by atoms with Crippen LogP contribution < -0.4 is 5.46 Å². The van der Waals surface area contributed by atoms with Crippen molar-refractivity contribution in [1.82, 2.24) is 49.8 Å². The minimum Gasteiger partial charge on any atom is -0.456 e. The van der Waals surface area contributed by atoms with Crippen molar-refractivity contribution in [3.63, 3.8) is 0 Å². The molecule has 0 N–H and O–H groups in total. The van der Waals surface area contributed by atoms with Gasteiger partial charge in [0, 0.05) is 93.3 Å². The maximum absolute atomic E-state index is 6.23. The van der Waals surface area contributed by atoms with Gasteiger partial charge in [0.15, 0.2) is 46.6 Å². The summed E-state index contributed by atoms with van der Waals surface area (Å²) in [7, 11) is -0.380. The minimum atomic E-state index is -0.380. The smallest absolute Gasteiger partial charge is 0.456 e. The molecular formula is C104H74BClN10O4. The molecule has 0 aliphatic carbocycles. The number of aromatic nitrogens is 10. The summed E-state index contributed by atoms with van der Waals surface area (Å²) < 4.78 is 24.7. The van der Waals surface area contributed by atoms with Gasteiger partial charge < -0.3 is 18.1 Å². The fourth-order valence-corrected chi connectivity index (χ4v) is 14.8. The standard InChI is InChI=1S/C49H31N5O.C28H27BN2O2.C27H16ClN3O/c1-4-13-33(14-5-1)42-31-43(51-46(50-42)35-15-6-2-7-16-35)34-25-23-32(24-26-34)37-19-12-20-38(29-37)48-52-47(36-17-8-3-9-18-36)53-49(54-48)39-27-28-41-40-21-10-11-22-44(40)55-45(41)30-39;1-27(2)28(3,4)33-29(32-27)23-17-15-21(16-18-23)25-19-24(20-11-7-5-8-12-20)30-26(31-25)22-13-9-6-10-14-22;28-20-10-6-9-18(15-20)26-29-25(17-7-2-1-3-8-17)30-27(31-26)19-13-14-22-21-11-4-5-12-23(21)32-24(22)16-19/h1-31H;5-19H,1-4H3;1-16H. The Hall–Kier alpha value is -14.9. The maximum atomic E-state index is 6.23. The topological polar surface area (TPSA) is 174 Å². The predicted octanol–water partition coefficient (Wildman–Crippen LogP) is 25.4. The van der Waals surface area contributed by atoms with Crippen molar-refractivity contribution in [2.45, 2.75) is 38.9 Å². The molecule has 14 aromatic carbocycles. The number of rotatable bonds is 14. The zero-order valence-corrected chi connectivity index (χ0v) is 66.6. The van der Waals surface area contributed by atoms with Crippen molar-refractivity contribution in [3.8, 4) is 147 Å². The van der Waals surface area contributed by atoms with Gasteiger partial charge in [0.1, 0.15) is 22.3 Å². The summed E-state index contributed by atoms with van der Waals surface area (Å²) >= 11 is 6.23. The SMILES string of the molecule is CC1(C)OB(c2ccc(-c3cc(-c4ccccc4)nc(-c4ccccc4)n3)cc2)OC1(C)C.Clc1cccc(-c2nc(-c3ccccc3)nc(-c3ccc4c(c3)oc3ccccc34)n2)c1.c1ccc(-c2cc(-c3ccc(-c4cccc(-c5nc(-c6ccccc6)nc(-c6ccc7c(c6)oc6ccccc67)n5)c4)cc3)nc(-c3ccccc3)n2)cc1. The molecule has 14 nitrogen and oxygen atoms in total. The minimum absolute atomic E-state index is 0.363. The van der Waals surface area contributed by atoms with Crippen LogP contribution in [0.15, 0.2) is 385 Å². The van der Waals surface area contributed by atoms with Crippen LogP contribution in [0.1, 0.15) is 27.7 Å². The molecule has 0 radical (unpaired) electrons. The number of hydrogen-bond acceptors (Lipinski definition) is 14. The molecule has 21 rings (SSSR count). The van der Waals surface area contributed by atoms with Crippen molar-refractivity contribution in [2.75, 3.05) is 0 Å². The number of halogens is 1. The van der Waals surface area contributed by atoms with E-state index in [1.165, 1.54) is 0 Å². The number of hydrogen-bond donors (Lipinski definition) is 0. The maximum Gasteiger partial charge on any atom is 0.494 e. The van der Waals surface area contributed by atoms with Gasteiger partial charge >= 0.3 is 7.12 Å². The number of para-hydroxylation sites is 2. The molecule has 0 spiro atoms. The average Bonchev–Trinajstić information content (AvgIpc) is 1.62. The Morgan fingerprint density at radius 1 is 0.208 bits per heavy atom. The zero-order chi connectivity index (χ0) is 81.1. The molecule has 6 aromatic heterocycles. The number of benzene rings is 14. The molecule has 574 valence electrons. The van der Waals surface area contributed by atoms with Gasteiger partial charge in [0.05, 0.1) is 34.0 Å². The van der Waals surface area contributed by atoms with Gasteiger partial charge in [-0.2, -0.15) is 0 Å². The van der Waals surface area contributed by atoms with E-state index in [0.717, 1.165) is 150 Å². The molecule has 1 aliphatic rings. The number of fused-ring (bicyclic) bond motifs is 6. The summed E-state index contributed by atoms with van der Waals surface area (Å²) in [4.78, 5) is 49.0. The summed E-state index contributed by atoms with van der Waals surface area (Å²) in [5.41, 5.74) is 20.6. The summed E-state index contributed by atoms with van der Waals surface area (Å²) in [5.74, 6) is 4.94. The first-order valence-corrected chi connectivity index (χ1v) is 40.1. The van der Waals surface area contributed by atoms with Crippen molar-refractivity contribution >= 4 is 68.1 Å². The van der Waals surface area contributed by atoms with E-state index in [1.54, 1.807) is 0 Å². The Bertz CT molecular complexity index is 6980. The van der Waals surface area contributed by atoms with E-state index in [-0.39, 0.29) is 18.3 Å². The third kappa shape index (κ3) is 15.9. The summed E-state index contributed by atoms with van der Waals surface area (Å²) in [6, 6.07) is 126. The normalized spacial score (nSPS) is 12.8. The fraction of sp³-hybridized carbons (Fsp3) is 0.0577. The first-order valence-electron chi connectivity index (χ1n) is 39.7. The van der Waals surface area contributed by atoms with Crippen LogP contribution in [0, 0.1) is 0 Å². The lowest BCUT2D eigenvalue weighted by molar-refractivity contribution is 0.00578. The van der Waals surface area contributed by atoms with E-state index < -0.39 is 0 Å². The number of furan rings is 2. The molecule has 0 atom stereocenters. The molecule has 7 heterocycles. The molecule has 16 heteroatoms. The highest BCUT2D eigenvalue weighted by molar-refractivity contribution is 6.62. The monoisotopic (exact) mass is 1570 g/mol. The van der Waals surface area contributed by atoms with E-state index >= 15 is 0 Å². The Morgan fingerprint density at radius 2 is 0.475 bits per heavy atom. The van der Waals surface area contributed by atoms with Crippen LogP contribution in [0.3, 0.4) is 0 Å². The highest BCUT2D eigenvalue weighted by Gasteiger charge is 2.51. The predicted molar refractivity (Wildman–Crippen MR) is 483 cm³/mol. The average molecular weight is 1570 g/mol. The second kappa shape index (κ2) is 32.7. The molecule has 0 amide bonds. The fourth-order valence-electron chi connectivity index (χ4n) is 14.7. The Kier molecular flexibility index (Phi) is 20.5.